The highest BCUT2D eigenvalue weighted by Crippen LogP contribution is 2.26. The van der Waals surface area contributed by atoms with Crippen LogP contribution < -0.4 is 5.32 Å². The van der Waals surface area contributed by atoms with E-state index in [1.54, 1.807) is 6.92 Å². The van der Waals surface area contributed by atoms with Gasteiger partial charge in [-0.2, -0.15) is 4.68 Å². The van der Waals surface area contributed by atoms with E-state index in [0.717, 1.165) is 0 Å². The summed E-state index contributed by atoms with van der Waals surface area (Å²) in [5.74, 6) is -1.45. The number of carbonyl (C=O) groups is 2. The molecule has 0 spiro atoms. The summed E-state index contributed by atoms with van der Waals surface area (Å²) in [6.07, 6.45) is 0. The van der Waals surface area contributed by atoms with Gasteiger partial charge in [0.15, 0.2) is 0 Å². The average Bonchev–Trinajstić information content (AvgIpc) is 2.64. The number of ether oxygens (including phenoxy) is 1. The van der Waals surface area contributed by atoms with Crippen molar-refractivity contribution < 1.29 is 19.2 Å². The topological polar surface area (TPSA) is 116 Å². The normalized spacial score (nSPS) is 10.1. The Morgan fingerprint density at radius 3 is 2.68 bits per heavy atom. The molecule has 1 rings (SSSR count). The number of halogens is 1. The maximum absolute atomic E-state index is 11.5. The molecule has 19 heavy (non-hydrogen) atoms. The molecule has 1 amide bonds. The molecule has 0 radical (unpaired) electrons. The van der Waals surface area contributed by atoms with Crippen molar-refractivity contribution in [2.24, 2.45) is 0 Å². The first-order valence-electron chi connectivity index (χ1n) is 5.07. The fraction of sp³-hybridized carbons (Fsp3) is 0.444. The lowest BCUT2D eigenvalue weighted by Crippen LogP contribution is -2.33. The number of nitrogens with zero attached hydrogens (tertiary/aromatic N) is 3. The molecule has 0 unspecified atom stereocenters. The van der Waals surface area contributed by atoms with Crippen LogP contribution in [0.5, 0.6) is 0 Å². The second-order valence-corrected chi connectivity index (χ2v) is 4.28. The molecule has 0 saturated carbocycles. The van der Waals surface area contributed by atoms with Gasteiger partial charge in [0, 0.05) is 0 Å². The van der Waals surface area contributed by atoms with Crippen molar-refractivity contribution in [1.29, 1.82) is 0 Å². The molecule has 0 aliphatic carbocycles. The molecule has 0 atom stereocenters. The van der Waals surface area contributed by atoms with Crippen LogP contribution in [-0.2, 0) is 20.9 Å². The first-order valence-corrected chi connectivity index (χ1v) is 5.87. The van der Waals surface area contributed by atoms with Crippen molar-refractivity contribution >= 4 is 33.6 Å². The lowest BCUT2D eigenvalue weighted by molar-refractivity contribution is -0.390. The van der Waals surface area contributed by atoms with Crippen molar-refractivity contribution in [1.82, 2.24) is 15.1 Å². The number of methoxy groups -OCH3 is 1. The molecule has 1 N–H and O–H groups in total. The van der Waals surface area contributed by atoms with E-state index in [1.165, 1.54) is 11.8 Å². The highest BCUT2D eigenvalue weighted by Gasteiger charge is 2.24. The number of amides is 1. The molecule has 1 aromatic heterocycles. The number of carbonyl (C=O) groups excluding carboxylic acids is 2. The van der Waals surface area contributed by atoms with Gasteiger partial charge in [-0.3, -0.25) is 9.59 Å². The SMILES string of the molecule is COC(=O)CNC(=O)Cn1nc([N+](=O)[O-])c(Br)c1C. The van der Waals surface area contributed by atoms with Gasteiger partial charge in [0.1, 0.15) is 17.6 Å². The Bertz CT molecular complexity index is 527. The summed E-state index contributed by atoms with van der Waals surface area (Å²) in [5.41, 5.74) is 0.444. The second kappa shape index (κ2) is 6.27. The zero-order valence-electron chi connectivity index (χ0n) is 10.2. The Hall–Kier alpha value is -1.97. The number of nitro groups is 1. The molecule has 0 aromatic carbocycles. The summed E-state index contributed by atoms with van der Waals surface area (Å²) < 4.78 is 5.75. The molecule has 104 valence electrons. The van der Waals surface area contributed by atoms with Crippen LogP contribution in [0.15, 0.2) is 4.47 Å². The fourth-order valence-electron chi connectivity index (χ4n) is 1.21. The summed E-state index contributed by atoms with van der Waals surface area (Å²) >= 11 is 3.03. The van der Waals surface area contributed by atoms with Crippen molar-refractivity contribution in [2.75, 3.05) is 13.7 Å². The molecule has 1 heterocycles. The zero-order chi connectivity index (χ0) is 14.6. The van der Waals surface area contributed by atoms with Gasteiger partial charge in [-0.15, -0.1) is 0 Å². The number of nitrogens with one attached hydrogen (secondary N) is 1. The minimum Gasteiger partial charge on any atom is -0.468 e. The van der Waals surface area contributed by atoms with E-state index in [1.807, 2.05) is 0 Å². The molecule has 1 aromatic rings. The van der Waals surface area contributed by atoms with E-state index >= 15 is 0 Å². The maximum atomic E-state index is 11.5. The summed E-state index contributed by atoms with van der Waals surface area (Å²) in [6, 6.07) is 0. The van der Waals surface area contributed by atoms with Crippen LogP contribution in [0.4, 0.5) is 5.82 Å². The lowest BCUT2D eigenvalue weighted by atomic mass is 10.4. The molecule has 0 aliphatic rings. The number of hydrogen-bond donors (Lipinski definition) is 1. The monoisotopic (exact) mass is 334 g/mol. The van der Waals surface area contributed by atoms with Crippen LogP contribution in [-0.4, -0.2) is 40.2 Å². The Kier molecular flexibility index (Phi) is 4.98. The summed E-state index contributed by atoms with van der Waals surface area (Å²) in [6.45, 7) is 1.09. The highest BCUT2D eigenvalue weighted by molar-refractivity contribution is 9.10. The summed E-state index contributed by atoms with van der Waals surface area (Å²) in [5, 5.41) is 16.7. The van der Waals surface area contributed by atoms with Gasteiger partial charge in [-0.05, 0) is 27.8 Å². The number of esters is 1. The van der Waals surface area contributed by atoms with Gasteiger partial charge in [0.25, 0.3) is 0 Å². The molecular weight excluding hydrogens is 324 g/mol. The van der Waals surface area contributed by atoms with Crippen LogP contribution >= 0.6 is 15.9 Å². The van der Waals surface area contributed by atoms with E-state index in [-0.39, 0.29) is 23.4 Å². The molecule has 0 saturated heterocycles. The summed E-state index contributed by atoms with van der Waals surface area (Å²) in [7, 11) is 1.20. The van der Waals surface area contributed by atoms with Gasteiger partial charge in [-0.1, -0.05) is 0 Å². The van der Waals surface area contributed by atoms with Crippen molar-refractivity contribution in [2.45, 2.75) is 13.5 Å². The molecule has 10 heteroatoms. The third-order valence-electron chi connectivity index (χ3n) is 2.24. The first-order chi connectivity index (χ1) is 8.86. The molecule has 9 nitrogen and oxygen atoms in total. The van der Waals surface area contributed by atoms with Crippen molar-refractivity contribution in [3.8, 4) is 0 Å². The van der Waals surface area contributed by atoms with Gasteiger partial charge < -0.3 is 20.2 Å². The molecular formula is C9H11BrN4O5. The van der Waals surface area contributed by atoms with Gasteiger partial charge in [-0.25, -0.2) is 0 Å². The van der Waals surface area contributed by atoms with E-state index in [9.17, 15) is 19.7 Å². The van der Waals surface area contributed by atoms with E-state index < -0.39 is 16.8 Å². The smallest absolute Gasteiger partial charge is 0.404 e. The van der Waals surface area contributed by atoms with Gasteiger partial charge >= 0.3 is 11.8 Å². The number of hydrogen-bond acceptors (Lipinski definition) is 6. The largest absolute Gasteiger partial charge is 0.468 e. The van der Waals surface area contributed by atoms with Crippen LogP contribution in [0, 0.1) is 17.0 Å². The van der Waals surface area contributed by atoms with Crippen LogP contribution in [0.25, 0.3) is 0 Å². The number of aromatic nitrogens is 2. The highest BCUT2D eigenvalue weighted by atomic mass is 79.9. The predicted molar refractivity (Wildman–Crippen MR) is 66.3 cm³/mol. The van der Waals surface area contributed by atoms with E-state index in [4.69, 9.17) is 0 Å². The first kappa shape index (κ1) is 15.1. The minimum absolute atomic E-state index is 0.221. The third-order valence-corrected chi connectivity index (χ3v) is 3.17. The fourth-order valence-corrected chi connectivity index (χ4v) is 1.64. The molecule has 0 fully saturated rings. The van der Waals surface area contributed by atoms with Crippen molar-refractivity contribution in [3.63, 3.8) is 0 Å². The number of rotatable bonds is 5. The lowest BCUT2D eigenvalue weighted by Gasteiger charge is -2.03. The molecule has 0 bridgehead atoms. The van der Waals surface area contributed by atoms with Crippen LogP contribution in [0.1, 0.15) is 5.69 Å². The van der Waals surface area contributed by atoms with Crippen LogP contribution in [0.2, 0.25) is 0 Å². The van der Waals surface area contributed by atoms with E-state index in [2.05, 4.69) is 31.1 Å². The Balaban J connectivity index is 2.72. The average molecular weight is 335 g/mol. The van der Waals surface area contributed by atoms with Crippen molar-refractivity contribution in [3.05, 3.63) is 20.3 Å². The minimum atomic E-state index is -0.653. The Morgan fingerprint density at radius 2 is 2.21 bits per heavy atom. The Morgan fingerprint density at radius 1 is 1.58 bits per heavy atom. The van der Waals surface area contributed by atoms with Gasteiger partial charge in [0.05, 0.1) is 17.9 Å². The Labute approximate surface area is 116 Å². The maximum Gasteiger partial charge on any atom is 0.404 e. The predicted octanol–water partition coefficient (Wildman–Crippen LogP) is 0.151. The standard InChI is InChI=1S/C9H11BrN4O5/c1-5-8(10)9(14(17)18)12-13(5)4-6(15)11-3-7(16)19-2/h3-4H2,1-2H3,(H,11,15). The third kappa shape index (κ3) is 3.74. The van der Waals surface area contributed by atoms with Crippen LogP contribution in [0.3, 0.4) is 0 Å². The quantitative estimate of drug-likeness (QED) is 0.465. The summed E-state index contributed by atoms with van der Waals surface area (Å²) in [4.78, 5) is 32.3. The van der Waals surface area contributed by atoms with Gasteiger partial charge in [0.2, 0.25) is 5.91 Å². The second-order valence-electron chi connectivity index (χ2n) is 3.49. The zero-order valence-corrected chi connectivity index (χ0v) is 11.8. The van der Waals surface area contributed by atoms with E-state index in [0.29, 0.717) is 5.69 Å². The molecule has 0 aliphatic heterocycles.